The molecule has 1 aliphatic rings. The van der Waals surface area contributed by atoms with E-state index in [9.17, 15) is 77.6 Å². The van der Waals surface area contributed by atoms with Crippen LogP contribution >= 0.6 is 33.3 Å². The highest BCUT2D eigenvalue weighted by molar-refractivity contribution is 8.76. The molecule has 0 bridgehead atoms. The van der Waals surface area contributed by atoms with Crippen LogP contribution in [0.5, 0.6) is 0 Å². The number of amides is 19. The van der Waals surface area contributed by atoms with E-state index in [1.807, 2.05) is 0 Å². The van der Waals surface area contributed by atoms with Crippen LogP contribution in [0.3, 0.4) is 0 Å². The second-order valence-corrected chi connectivity index (χ2v) is 39.9. The minimum atomic E-state index is -2.02. The molecule has 0 saturated carbocycles. The third kappa shape index (κ3) is 40.8. The summed E-state index contributed by atoms with van der Waals surface area (Å²) >= 11 is 1.20. The molecule has 1 fully saturated rings. The first-order chi connectivity index (χ1) is 71.4. The lowest BCUT2D eigenvalue weighted by Crippen LogP contribution is -2.62. The number of para-hydroxylation sites is 3. The second-order valence-electron chi connectivity index (χ2n) is 36.4. The van der Waals surface area contributed by atoms with Crippen LogP contribution < -0.4 is 124 Å². The standard InChI is InChI=1S/C96H139N27O24S3/c1-49(2)37-69-89(141)123-74(94(146)110-52(5)81(133)109-50(3)80(99)132)47-149-150-48-75(122-82(134)51(4)108-76(126)44-106-83(135)63(25-14-16-33-97)113-85(137)65(111-53(6)125)26-15-17-34-98)95(147)116-68(32-36-148-7)88(140)114-64(27-18-35-102-96(100)101)84(136)107-45-77(127)112-66(28-30-78(128)129)86(138)118-70(38-54-41-103-60-22-11-8-19-57(54)60)90(142)115-67(29-31-79(130)131)87(139)119-72(40-56-43-105-62-24-13-10-21-59(56)62)92(144)121-73(46-124)93(145)120-71(91(143)117-69)39-55-42-104-61-23-12-9-20-58(55)61/h8-13,19-24,41-43,49-52,63-75,103-105,124H,14-18,25-40,44-48,97-98H2,1-7H3,(H2,99,132)(H,106,135)(H,107,136)(H,108,126)(H,109,133)(H,110,146)(H,111,125)(H,112,127)(H,113,137)(H,114,140)(H,115,142)(H,116,147)(H,117,143)(H,118,138)(H,119,139)(H,120,145)(H,121,144)(H,122,134)(H,123,141)(H,128,129)(H,130,131)(H4,100,101,102)/t50-,51-,52-,63-,64-,65-,66-,67-,68-,69-,70-,71-,72-,73-,74-,75-/m1/s1. The first-order valence-corrected chi connectivity index (χ1v) is 52.9. The molecule has 1 aliphatic heterocycles. The molecule has 820 valence electrons. The molecule has 0 unspecified atom stereocenters. The number of aliphatic hydroxyl groups is 1. The molecule has 16 atom stereocenters. The van der Waals surface area contributed by atoms with Crippen LogP contribution in [-0.2, 0) is 120 Å². The van der Waals surface area contributed by atoms with Crippen molar-refractivity contribution in [3.8, 4) is 0 Å². The molecule has 150 heavy (non-hydrogen) atoms. The number of primary amides is 1. The molecule has 19 amide bonds. The normalized spacial score (nSPS) is 20.8. The van der Waals surface area contributed by atoms with Crippen molar-refractivity contribution in [2.75, 3.05) is 62.8 Å². The maximum absolute atomic E-state index is 15.5. The molecule has 34 N–H and O–H groups in total. The van der Waals surface area contributed by atoms with Crippen molar-refractivity contribution in [3.05, 3.63) is 108 Å². The van der Waals surface area contributed by atoms with E-state index in [4.69, 9.17) is 28.3 Å². The van der Waals surface area contributed by atoms with Gasteiger partial charge in [-0.3, -0.25) is 106 Å². The summed E-state index contributed by atoms with van der Waals surface area (Å²) in [5.74, 6) is -24.6. The summed E-state index contributed by atoms with van der Waals surface area (Å²) in [5, 5.41) is 88.9. The monoisotopic (exact) mass is 2150 g/mol. The second kappa shape index (κ2) is 62.6. The number of carbonyl (C=O) groups excluding carboxylic acids is 19. The summed E-state index contributed by atoms with van der Waals surface area (Å²) in [7, 11) is 1.53. The molecule has 7 rings (SSSR count). The maximum atomic E-state index is 15.5. The molecule has 3 aromatic carbocycles. The third-order valence-corrected chi connectivity index (χ3v) is 27.1. The molecule has 6 aromatic rings. The Bertz CT molecular complexity index is 5730. The predicted octanol–water partition coefficient (Wildman–Crippen LogP) is -4.85. The number of rotatable bonds is 44. The number of aliphatic carboxylic acids is 2. The zero-order chi connectivity index (χ0) is 110. The number of carbonyl (C=O) groups is 21. The van der Waals surface area contributed by atoms with E-state index in [1.54, 1.807) is 92.9 Å². The SMILES string of the molecule is CSCC[C@H]1NC(=O)[C@H](NC(=O)[C@@H](C)NC(=O)CNC(=O)[C@@H](CCCCN)NC(=O)[C@@H](CCCCN)NC(C)=O)CSSC[C@H](C(=O)N[C@H](C)C(=O)N[C@H](C)C(N)=O)NC(=O)[C@@H](CC(C)C)NC(=O)[C@@H](Cc2c[nH]c3ccccc23)NC(=O)[C@@H](CO)NC(=O)[C@@H](Cc2c[nH]c3ccccc23)NC(=O)[C@@H](CCC(=O)O)NC(=O)[C@@H](Cc2c[nH]c3ccccc23)NC(=O)[C@@H](CCC(=O)O)NC(=O)CNC(=O)[C@@H](CCCNC(=N)N)NC1=O. The molecule has 0 spiro atoms. The van der Waals surface area contributed by atoms with Crippen molar-refractivity contribution in [2.45, 2.75) is 247 Å². The van der Waals surface area contributed by atoms with E-state index in [0.717, 1.165) is 21.6 Å². The van der Waals surface area contributed by atoms with Gasteiger partial charge < -0.3 is 154 Å². The van der Waals surface area contributed by atoms with Crippen LogP contribution in [0.2, 0.25) is 0 Å². The van der Waals surface area contributed by atoms with Gasteiger partial charge in [-0.1, -0.05) is 90.0 Å². The van der Waals surface area contributed by atoms with E-state index in [-0.39, 0.29) is 57.4 Å². The number of aromatic amines is 3. The number of carboxylic acids is 2. The van der Waals surface area contributed by atoms with Gasteiger partial charge in [0.1, 0.15) is 96.7 Å². The Kier molecular flexibility index (Phi) is 51.0. The summed E-state index contributed by atoms with van der Waals surface area (Å²) in [6, 6.07) is -6.12. The first kappa shape index (κ1) is 122. The lowest BCUT2D eigenvalue weighted by atomic mass is 10.00. The largest absolute Gasteiger partial charge is 0.481 e. The Morgan fingerprint density at radius 2 is 0.880 bits per heavy atom. The van der Waals surface area contributed by atoms with Crippen molar-refractivity contribution < 1.29 is 116 Å². The number of hydrogen-bond donors (Lipinski definition) is 30. The van der Waals surface area contributed by atoms with E-state index < -0.39 is 309 Å². The smallest absolute Gasteiger partial charge is 0.303 e. The Balaban J connectivity index is 1.34. The first-order valence-electron chi connectivity index (χ1n) is 49.0. The number of H-pyrrole nitrogens is 3. The molecule has 4 heterocycles. The predicted molar refractivity (Wildman–Crippen MR) is 558 cm³/mol. The highest BCUT2D eigenvalue weighted by Gasteiger charge is 2.40. The van der Waals surface area contributed by atoms with Crippen molar-refractivity contribution in [3.63, 3.8) is 0 Å². The highest BCUT2D eigenvalue weighted by atomic mass is 33.1. The number of benzene rings is 3. The van der Waals surface area contributed by atoms with Gasteiger partial charge in [0.2, 0.25) is 112 Å². The Morgan fingerprint density at radius 1 is 0.453 bits per heavy atom. The van der Waals surface area contributed by atoms with Gasteiger partial charge in [-0.2, -0.15) is 11.8 Å². The van der Waals surface area contributed by atoms with Crippen LogP contribution in [0, 0.1) is 11.3 Å². The van der Waals surface area contributed by atoms with Crippen molar-refractivity contribution in [2.24, 2.45) is 28.9 Å². The van der Waals surface area contributed by atoms with E-state index >= 15 is 38.4 Å². The average Bonchev–Trinajstić information content (AvgIpc) is 1.68. The maximum Gasteiger partial charge on any atom is 0.303 e. The number of hydrogen-bond acceptors (Lipinski definition) is 28. The summed E-state index contributed by atoms with van der Waals surface area (Å²) in [6.07, 6.45) is 2.97. The summed E-state index contributed by atoms with van der Waals surface area (Å²) in [5.41, 5.74) is 25.3. The minimum absolute atomic E-state index is 0.0352. The molecular formula is C96H139N27O24S3. The van der Waals surface area contributed by atoms with Gasteiger partial charge in [-0.25, -0.2) is 0 Å². The zero-order valence-electron chi connectivity index (χ0n) is 84.3. The summed E-state index contributed by atoms with van der Waals surface area (Å²) in [6.45, 7) is 5.65. The number of aliphatic hydroxyl groups excluding tert-OH is 1. The van der Waals surface area contributed by atoms with Gasteiger partial charge in [0.15, 0.2) is 5.96 Å². The minimum Gasteiger partial charge on any atom is -0.481 e. The molecule has 54 heteroatoms. The fourth-order valence-electron chi connectivity index (χ4n) is 15.8. The average molecular weight is 2150 g/mol. The number of guanidine groups is 1. The lowest BCUT2D eigenvalue weighted by Gasteiger charge is -2.28. The molecule has 0 aliphatic carbocycles. The summed E-state index contributed by atoms with van der Waals surface area (Å²) < 4.78 is 0. The van der Waals surface area contributed by atoms with Crippen molar-refractivity contribution >= 4 is 196 Å². The quantitative estimate of drug-likeness (QED) is 0.00738. The number of carboxylic acid groups (broad SMARTS) is 2. The summed E-state index contributed by atoms with van der Waals surface area (Å²) in [4.78, 5) is 309. The highest BCUT2D eigenvalue weighted by Crippen LogP contribution is 2.27. The van der Waals surface area contributed by atoms with Crippen LogP contribution in [0.4, 0.5) is 0 Å². The van der Waals surface area contributed by atoms with Gasteiger partial charge in [-0.05, 0) is 164 Å². The van der Waals surface area contributed by atoms with Crippen LogP contribution in [0.1, 0.15) is 148 Å². The van der Waals surface area contributed by atoms with E-state index in [2.05, 4.69) is 116 Å². The third-order valence-electron chi connectivity index (χ3n) is 24.0. The van der Waals surface area contributed by atoms with E-state index in [1.165, 1.54) is 58.0 Å². The zero-order valence-corrected chi connectivity index (χ0v) is 86.8. The molecule has 0 radical (unpaired) electrons. The Hall–Kier alpha value is -14.7. The van der Waals surface area contributed by atoms with Crippen molar-refractivity contribution in [1.82, 2.24) is 116 Å². The number of fused-ring (bicyclic) bond motifs is 3. The van der Waals surface area contributed by atoms with E-state index in [0.29, 0.717) is 81.6 Å². The fraction of sp³-hybridized carbons (Fsp3) is 0.521. The van der Waals surface area contributed by atoms with Gasteiger partial charge >= 0.3 is 11.9 Å². The van der Waals surface area contributed by atoms with Crippen LogP contribution in [0.15, 0.2) is 91.4 Å². The number of thioether (sulfide) groups is 1. The number of aromatic nitrogens is 3. The van der Waals surface area contributed by atoms with Crippen LogP contribution in [0.25, 0.3) is 32.7 Å². The van der Waals surface area contributed by atoms with Gasteiger partial charge in [0.25, 0.3) is 0 Å². The van der Waals surface area contributed by atoms with Gasteiger partial charge in [0.05, 0.1) is 19.7 Å². The topological polar surface area (TPSA) is 823 Å². The molecular weight excluding hydrogens is 2010 g/mol. The van der Waals surface area contributed by atoms with Crippen molar-refractivity contribution in [1.29, 1.82) is 5.41 Å². The number of unbranched alkanes of at least 4 members (excludes halogenated alkanes) is 2. The lowest BCUT2D eigenvalue weighted by molar-refractivity contribution is -0.139. The number of nitrogens with one attached hydrogen (secondary N) is 23. The fourth-order valence-corrected chi connectivity index (χ4v) is 18.6. The Morgan fingerprint density at radius 3 is 1.35 bits per heavy atom. The number of nitrogens with two attached hydrogens (primary N) is 4. The Labute approximate surface area is 876 Å². The molecule has 1 saturated heterocycles. The molecule has 3 aromatic heterocycles. The van der Waals surface area contributed by atoms with Gasteiger partial charge in [0, 0.05) is 108 Å². The molecule has 51 nitrogen and oxygen atoms in total. The van der Waals surface area contributed by atoms with Crippen LogP contribution in [-0.4, -0.2) is 320 Å². The van der Waals surface area contributed by atoms with Gasteiger partial charge in [-0.15, -0.1) is 0 Å².